The van der Waals surface area contributed by atoms with Crippen molar-refractivity contribution in [2.45, 2.75) is 38.6 Å². The van der Waals surface area contributed by atoms with Gasteiger partial charge in [0.1, 0.15) is 23.2 Å². The first kappa shape index (κ1) is 19.4. The molecule has 1 unspecified atom stereocenters. The molecule has 0 spiro atoms. The van der Waals surface area contributed by atoms with Gasteiger partial charge >= 0.3 is 0 Å². The summed E-state index contributed by atoms with van der Waals surface area (Å²) in [6.07, 6.45) is 7.78. The third-order valence-corrected chi connectivity index (χ3v) is 5.58. The van der Waals surface area contributed by atoms with Gasteiger partial charge in [-0.1, -0.05) is 12.8 Å². The average molecular weight is 398 g/mol. The number of hydrogen-bond acceptors (Lipinski definition) is 6. The molecule has 0 aromatic carbocycles. The Hall–Kier alpha value is -2.87. The number of carbonyl (C=O) groups excluding carboxylic acids is 1. The number of furan rings is 2. The van der Waals surface area contributed by atoms with E-state index < -0.39 is 0 Å². The molecule has 0 aliphatic carbocycles. The van der Waals surface area contributed by atoms with Crippen molar-refractivity contribution in [2.24, 2.45) is 7.05 Å². The van der Waals surface area contributed by atoms with Gasteiger partial charge in [0.15, 0.2) is 0 Å². The summed E-state index contributed by atoms with van der Waals surface area (Å²) in [7, 11) is 1.60. The lowest BCUT2D eigenvalue weighted by molar-refractivity contribution is 0.0927. The molecule has 4 rings (SSSR count). The fourth-order valence-corrected chi connectivity index (χ4v) is 4.04. The highest BCUT2D eigenvalue weighted by Crippen LogP contribution is 2.25. The Morgan fingerprint density at radius 1 is 1.28 bits per heavy atom. The maximum Gasteiger partial charge on any atom is 0.265 e. The summed E-state index contributed by atoms with van der Waals surface area (Å²) in [5.41, 5.74) is 0.140. The number of nitrogens with one attached hydrogen (secondary N) is 1. The molecule has 1 atom stereocenters. The van der Waals surface area contributed by atoms with Crippen LogP contribution in [0.3, 0.4) is 0 Å². The van der Waals surface area contributed by atoms with E-state index in [2.05, 4.69) is 15.2 Å². The van der Waals surface area contributed by atoms with Crippen LogP contribution in [0.4, 0.5) is 0 Å². The van der Waals surface area contributed by atoms with Gasteiger partial charge in [0.2, 0.25) is 5.71 Å². The summed E-state index contributed by atoms with van der Waals surface area (Å²) >= 11 is 0. The van der Waals surface area contributed by atoms with Gasteiger partial charge in [-0.3, -0.25) is 14.5 Å². The molecule has 154 valence electrons. The van der Waals surface area contributed by atoms with Crippen LogP contribution in [0.5, 0.6) is 0 Å². The van der Waals surface area contributed by atoms with Gasteiger partial charge in [0, 0.05) is 13.6 Å². The van der Waals surface area contributed by atoms with E-state index in [1.54, 1.807) is 20.2 Å². The third kappa shape index (κ3) is 3.85. The minimum Gasteiger partial charge on any atom is -0.468 e. The van der Waals surface area contributed by atoms with E-state index in [1.165, 1.54) is 23.7 Å². The molecule has 1 saturated heterocycles. The van der Waals surface area contributed by atoms with E-state index in [-0.39, 0.29) is 34.2 Å². The molecule has 1 N–H and O–H groups in total. The zero-order chi connectivity index (χ0) is 20.4. The second kappa shape index (κ2) is 8.24. The van der Waals surface area contributed by atoms with Crippen molar-refractivity contribution in [3.63, 3.8) is 0 Å². The second-order valence-corrected chi connectivity index (χ2v) is 7.57. The largest absolute Gasteiger partial charge is 0.468 e. The summed E-state index contributed by atoms with van der Waals surface area (Å²) in [6, 6.07) is 3.76. The van der Waals surface area contributed by atoms with Crippen molar-refractivity contribution < 1.29 is 13.6 Å². The van der Waals surface area contributed by atoms with Crippen LogP contribution in [0.1, 0.15) is 53.6 Å². The Kier molecular flexibility index (Phi) is 5.53. The molecule has 0 radical (unpaired) electrons. The number of aromatic nitrogens is 2. The van der Waals surface area contributed by atoms with Crippen LogP contribution in [0.25, 0.3) is 11.1 Å². The number of carbonyl (C=O) groups is 1. The minimum absolute atomic E-state index is 0.0496. The number of likely N-dealkylation sites (tertiary alicyclic amines) is 1. The molecule has 1 amide bonds. The molecule has 8 nitrogen and oxygen atoms in total. The summed E-state index contributed by atoms with van der Waals surface area (Å²) < 4.78 is 12.6. The summed E-state index contributed by atoms with van der Waals surface area (Å²) in [6.45, 7) is 4.01. The zero-order valence-electron chi connectivity index (χ0n) is 16.8. The Labute approximate surface area is 168 Å². The predicted octanol–water partition coefficient (Wildman–Crippen LogP) is 2.78. The van der Waals surface area contributed by atoms with E-state index >= 15 is 0 Å². The van der Waals surface area contributed by atoms with Gasteiger partial charge in [0.05, 0.1) is 17.9 Å². The Morgan fingerprint density at radius 2 is 2.03 bits per heavy atom. The molecule has 0 saturated carbocycles. The highest BCUT2D eigenvalue weighted by Gasteiger charge is 2.27. The highest BCUT2D eigenvalue weighted by molar-refractivity contribution is 6.06. The number of fused-ring (bicyclic) bond motifs is 1. The van der Waals surface area contributed by atoms with Crippen molar-refractivity contribution >= 4 is 17.0 Å². The fourth-order valence-electron chi connectivity index (χ4n) is 4.04. The Bertz CT molecular complexity index is 1040. The van der Waals surface area contributed by atoms with Gasteiger partial charge in [-0.15, -0.1) is 0 Å². The summed E-state index contributed by atoms with van der Waals surface area (Å²) in [5, 5.41) is 3.21. The number of hydrogen-bond donors (Lipinski definition) is 1. The number of rotatable bonds is 5. The average Bonchev–Trinajstić information content (AvgIpc) is 3.26. The quantitative estimate of drug-likeness (QED) is 0.710. The number of amides is 1. The lowest BCUT2D eigenvalue weighted by atomic mass is 10.1. The van der Waals surface area contributed by atoms with Gasteiger partial charge in [-0.2, -0.15) is 0 Å². The minimum atomic E-state index is -0.335. The predicted molar refractivity (Wildman–Crippen MR) is 108 cm³/mol. The standard InChI is InChI=1S/C21H26N4O4/c1-14-17(18-20(29-14)23-13-24(2)21(18)27)19(26)22-12-15(16-8-7-11-28-16)25-9-5-3-4-6-10-25/h7-8,11,13,15H,3-6,9-10,12H2,1-2H3,(H,22,26). The highest BCUT2D eigenvalue weighted by atomic mass is 16.3. The third-order valence-electron chi connectivity index (χ3n) is 5.58. The van der Waals surface area contributed by atoms with Crippen molar-refractivity contribution in [3.8, 4) is 0 Å². The molecule has 1 fully saturated rings. The molecule has 1 aliphatic rings. The van der Waals surface area contributed by atoms with Crippen molar-refractivity contribution in [3.05, 3.63) is 52.2 Å². The molecule has 4 heterocycles. The second-order valence-electron chi connectivity index (χ2n) is 7.57. The molecule has 3 aromatic rings. The normalized spacial score (nSPS) is 16.6. The molecular formula is C21H26N4O4. The van der Waals surface area contributed by atoms with Crippen molar-refractivity contribution in [1.82, 2.24) is 19.8 Å². The maximum atomic E-state index is 13.0. The maximum absolute atomic E-state index is 13.0. The van der Waals surface area contributed by atoms with Crippen molar-refractivity contribution in [2.75, 3.05) is 19.6 Å². The first-order valence-electron chi connectivity index (χ1n) is 10.1. The zero-order valence-corrected chi connectivity index (χ0v) is 16.8. The van der Waals surface area contributed by atoms with Gasteiger partial charge < -0.3 is 18.7 Å². The Balaban J connectivity index is 1.59. The molecule has 0 bridgehead atoms. The van der Waals surface area contributed by atoms with Crippen LogP contribution < -0.4 is 10.9 Å². The number of nitrogens with zero attached hydrogens (tertiary/aromatic N) is 3. The van der Waals surface area contributed by atoms with E-state index in [1.807, 2.05) is 12.1 Å². The molecule has 1 aliphatic heterocycles. The van der Waals surface area contributed by atoms with Crippen LogP contribution >= 0.6 is 0 Å². The van der Waals surface area contributed by atoms with Crippen LogP contribution in [0.2, 0.25) is 0 Å². The molecule has 8 heteroatoms. The molecule has 29 heavy (non-hydrogen) atoms. The van der Waals surface area contributed by atoms with E-state index in [4.69, 9.17) is 8.83 Å². The lowest BCUT2D eigenvalue weighted by Gasteiger charge is -2.29. The first-order valence-corrected chi connectivity index (χ1v) is 10.1. The van der Waals surface area contributed by atoms with Gasteiger partial charge in [-0.25, -0.2) is 4.98 Å². The monoisotopic (exact) mass is 398 g/mol. The first-order chi connectivity index (χ1) is 14.1. The van der Waals surface area contributed by atoms with Gasteiger partial charge in [-0.05, 0) is 45.0 Å². The Morgan fingerprint density at radius 3 is 2.72 bits per heavy atom. The summed E-state index contributed by atoms with van der Waals surface area (Å²) in [5.74, 6) is 0.883. The fraction of sp³-hybridized carbons (Fsp3) is 0.476. The topological polar surface area (TPSA) is 93.5 Å². The van der Waals surface area contributed by atoms with Gasteiger partial charge in [0.25, 0.3) is 11.5 Å². The van der Waals surface area contributed by atoms with Crippen LogP contribution in [0.15, 0.2) is 38.4 Å². The molecular weight excluding hydrogens is 372 g/mol. The van der Waals surface area contributed by atoms with Crippen LogP contribution in [-0.2, 0) is 7.05 Å². The van der Waals surface area contributed by atoms with E-state index in [0.29, 0.717) is 12.3 Å². The molecule has 3 aromatic heterocycles. The lowest BCUT2D eigenvalue weighted by Crippen LogP contribution is -2.38. The van der Waals surface area contributed by atoms with E-state index in [0.717, 1.165) is 31.7 Å². The van der Waals surface area contributed by atoms with E-state index in [9.17, 15) is 9.59 Å². The van der Waals surface area contributed by atoms with Crippen LogP contribution in [0, 0.1) is 6.92 Å². The van der Waals surface area contributed by atoms with Crippen molar-refractivity contribution in [1.29, 1.82) is 0 Å². The van der Waals surface area contributed by atoms with Crippen LogP contribution in [-0.4, -0.2) is 40.0 Å². The SMILES string of the molecule is Cc1oc2ncn(C)c(=O)c2c1C(=O)NCC(c1ccco1)N1CCCCCC1. The number of aryl methyl sites for hydroxylation is 2. The summed E-state index contributed by atoms with van der Waals surface area (Å²) in [4.78, 5) is 32.1. The smallest absolute Gasteiger partial charge is 0.265 e.